The highest BCUT2D eigenvalue weighted by Gasteiger charge is 2.19. The molecule has 1 N–H and O–H groups in total. The first kappa shape index (κ1) is 17.0. The van der Waals surface area contributed by atoms with Gasteiger partial charge in [-0.25, -0.2) is 0 Å². The van der Waals surface area contributed by atoms with E-state index in [1.165, 1.54) is 12.5 Å². The maximum Gasteiger partial charge on any atom is 0.433 e. The predicted molar refractivity (Wildman–Crippen MR) is 96.3 cm³/mol. The average Bonchev–Trinajstić information content (AvgIpc) is 3.24. The second kappa shape index (κ2) is 7.02. The summed E-state index contributed by atoms with van der Waals surface area (Å²) in [6.45, 7) is 0.879. The van der Waals surface area contributed by atoms with Gasteiger partial charge in [-0.1, -0.05) is 18.6 Å². The van der Waals surface area contributed by atoms with Gasteiger partial charge in [0.2, 0.25) is 0 Å². The number of carbonyl (C=O) groups excluding carboxylic acids is 1. The second-order valence-corrected chi connectivity index (χ2v) is 6.33. The van der Waals surface area contributed by atoms with Crippen molar-refractivity contribution < 1.29 is 14.1 Å². The van der Waals surface area contributed by atoms with Gasteiger partial charge in [0, 0.05) is 24.2 Å². The van der Waals surface area contributed by atoms with Gasteiger partial charge in [-0.15, -0.1) is 10.2 Å². The summed E-state index contributed by atoms with van der Waals surface area (Å²) >= 11 is 0. The fraction of sp³-hybridized carbons (Fsp3) is 0.278. The Bertz CT molecular complexity index is 1010. The number of nitrogens with zero attached hydrogens (tertiary/aromatic N) is 4. The fourth-order valence-corrected chi connectivity index (χ4v) is 3.18. The van der Waals surface area contributed by atoms with Crippen LogP contribution in [0.5, 0.6) is 0 Å². The largest absolute Gasteiger partial charge is 0.433 e. The van der Waals surface area contributed by atoms with Crippen molar-refractivity contribution in [1.82, 2.24) is 14.8 Å². The maximum absolute atomic E-state index is 12.3. The Morgan fingerprint density at radius 1 is 1.19 bits per heavy atom. The van der Waals surface area contributed by atoms with Gasteiger partial charge in [0.15, 0.2) is 11.6 Å². The van der Waals surface area contributed by atoms with Crippen molar-refractivity contribution in [3.05, 3.63) is 58.1 Å². The van der Waals surface area contributed by atoms with Crippen LogP contribution in [-0.4, -0.2) is 25.6 Å². The summed E-state index contributed by atoms with van der Waals surface area (Å²) in [6, 6.07) is 9.69. The van der Waals surface area contributed by atoms with Gasteiger partial charge in [-0.05, 0) is 31.0 Å². The van der Waals surface area contributed by atoms with Crippen LogP contribution in [0.4, 0.5) is 11.6 Å². The summed E-state index contributed by atoms with van der Waals surface area (Å²) < 4.78 is 7.06. The maximum atomic E-state index is 12.3. The summed E-state index contributed by atoms with van der Waals surface area (Å²) in [7, 11) is 0. The van der Waals surface area contributed by atoms with Crippen molar-refractivity contribution in [2.75, 3.05) is 5.32 Å². The molecule has 1 aliphatic rings. The Balaban J connectivity index is 1.57. The molecule has 1 amide bonds. The van der Waals surface area contributed by atoms with Crippen LogP contribution in [0, 0.1) is 10.1 Å². The number of carbonyl (C=O) groups is 1. The van der Waals surface area contributed by atoms with E-state index in [9.17, 15) is 14.9 Å². The molecule has 0 spiro atoms. The number of aromatic nitrogens is 3. The van der Waals surface area contributed by atoms with Crippen LogP contribution in [0.1, 0.15) is 35.6 Å². The zero-order valence-corrected chi connectivity index (χ0v) is 14.4. The van der Waals surface area contributed by atoms with Gasteiger partial charge in [0.25, 0.3) is 5.91 Å². The molecule has 0 radical (unpaired) electrons. The number of amides is 1. The first-order valence-corrected chi connectivity index (χ1v) is 8.70. The summed E-state index contributed by atoms with van der Waals surface area (Å²) in [5.41, 5.74) is 1.39. The number of fused-ring (bicyclic) bond motifs is 1. The first-order valence-electron chi connectivity index (χ1n) is 8.70. The third kappa shape index (κ3) is 3.43. The van der Waals surface area contributed by atoms with Gasteiger partial charge in [0.1, 0.15) is 10.7 Å². The van der Waals surface area contributed by atoms with E-state index in [0.717, 1.165) is 49.1 Å². The predicted octanol–water partition coefficient (Wildman–Crippen LogP) is 3.43. The molecule has 1 aromatic carbocycles. The number of nitrogens with one attached hydrogen (secondary N) is 1. The molecule has 2 aromatic heterocycles. The Hall–Kier alpha value is -3.49. The number of aryl methyl sites for hydroxylation is 1. The summed E-state index contributed by atoms with van der Waals surface area (Å²) in [6.07, 6.45) is 4.30. The number of anilines is 1. The first-order chi connectivity index (χ1) is 13.1. The lowest BCUT2D eigenvalue weighted by molar-refractivity contribution is -0.402. The fourth-order valence-electron chi connectivity index (χ4n) is 3.18. The molecule has 0 bridgehead atoms. The molecule has 3 aromatic rings. The molecule has 0 fully saturated rings. The van der Waals surface area contributed by atoms with E-state index in [1.807, 2.05) is 12.1 Å². The topological polar surface area (TPSA) is 116 Å². The van der Waals surface area contributed by atoms with Crippen molar-refractivity contribution in [3.8, 4) is 11.4 Å². The smallest absolute Gasteiger partial charge is 0.395 e. The van der Waals surface area contributed by atoms with Crippen LogP contribution >= 0.6 is 0 Å². The monoisotopic (exact) mass is 367 g/mol. The second-order valence-electron chi connectivity index (χ2n) is 6.33. The van der Waals surface area contributed by atoms with Crippen molar-refractivity contribution in [3.63, 3.8) is 0 Å². The SMILES string of the molecule is O=C(Nc1cccc(-c2nnc3n2CCCCC3)c1)c1ccc([N+](=O)[O-])o1. The minimum Gasteiger partial charge on any atom is -0.395 e. The highest BCUT2D eigenvalue weighted by Crippen LogP contribution is 2.25. The van der Waals surface area contributed by atoms with Crippen LogP contribution < -0.4 is 5.32 Å². The van der Waals surface area contributed by atoms with Crippen LogP contribution in [0.15, 0.2) is 40.8 Å². The van der Waals surface area contributed by atoms with E-state index >= 15 is 0 Å². The highest BCUT2D eigenvalue weighted by atomic mass is 16.6. The third-order valence-electron chi connectivity index (χ3n) is 4.48. The standard InChI is InChI=1S/C18H17N5O4/c24-18(14-8-9-16(27-14)23(25)26)19-13-6-4-5-12(11-13)17-21-20-15-7-2-1-3-10-22(15)17/h4-6,8-9,11H,1-3,7,10H2,(H,19,24). The lowest BCUT2D eigenvalue weighted by atomic mass is 10.2. The van der Waals surface area contributed by atoms with Crippen LogP contribution in [0.25, 0.3) is 11.4 Å². The normalized spacial score (nSPS) is 13.6. The average molecular weight is 367 g/mol. The number of furan rings is 1. The Morgan fingerprint density at radius 2 is 2.07 bits per heavy atom. The van der Waals surface area contributed by atoms with Crippen molar-refractivity contribution in [2.24, 2.45) is 0 Å². The zero-order chi connectivity index (χ0) is 18.8. The van der Waals surface area contributed by atoms with E-state index in [0.29, 0.717) is 5.69 Å². The molecule has 27 heavy (non-hydrogen) atoms. The highest BCUT2D eigenvalue weighted by molar-refractivity contribution is 6.02. The third-order valence-corrected chi connectivity index (χ3v) is 4.48. The molecule has 138 valence electrons. The zero-order valence-electron chi connectivity index (χ0n) is 14.4. The van der Waals surface area contributed by atoms with Crippen LogP contribution in [0.2, 0.25) is 0 Å². The Kier molecular flexibility index (Phi) is 4.41. The minimum atomic E-state index is -0.686. The minimum absolute atomic E-state index is 0.122. The molecular weight excluding hydrogens is 350 g/mol. The molecule has 9 heteroatoms. The van der Waals surface area contributed by atoms with E-state index < -0.39 is 16.7 Å². The van der Waals surface area contributed by atoms with Crippen LogP contribution in [0.3, 0.4) is 0 Å². The van der Waals surface area contributed by atoms with Crippen molar-refractivity contribution in [1.29, 1.82) is 0 Å². The molecule has 1 aliphatic heterocycles. The summed E-state index contributed by atoms with van der Waals surface area (Å²) in [5.74, 6) is 0.611. The lowest BCUT2D eigenvalue weighted by Gasteiger charge is -2.09. The number of nitro groups is 1. The molecule has 0 unspecified atom stereocenters. The molecule has 0 aliphatic carbocycles. The van der Waals surface area contributed by atoms with Gasteiger partial charge >= 0.3 is 5.88 Å². The lowest BCUT2D eigenvalue weighted by Crippen LogP contribution is -2.11. The number of benzene rings is 1. The number of hydrogen-bond acceptors (Lipinski definition) is 6. The Labute approximate surface area is 154 Å². The molecule has 4 rings (SSSR count). The van der Waals surface area contributed by atoms with Gasteiger partial charge < -0.3 is 14.3 Å². The van der Waals surface area contributed by atoms with Gasteiger partial charge in [-0.3, -0.25) is 14.9 Å². The summed E-state index contributed by atoms with van der Waals surface area (Å²) in [5, 5.41) is 22.0. The molecule has 0 saturated carbocycles. The number of rotatable bonds is 4. The molecule has 0 atom stereocenters. The van der Waals surface area contributed by atoms with Gasteiger partial charge in [-0.2, -0.15) is 0 Å². The van der Waals surface area contributed by atoms with Crippen LogP contribution in [-0.2, 0) is 13.0 Å². The molecule has 9 nitrogen and oxygen atoms in total. The van der Waals surface area contributed by atoms with E-state index in [2.05, 4.69) is 20.1 Å². The van der Waals surface area contributed by atoms with Crippen molar-refractivity contribution in [2.45, 2.75) is 32.2 Å². The molecule has 0 saturated heterocycles. The van der Waals surface area contributed by atoms with E-state index in [-0.39, 0.29) is 5.76 Å². The van der Waals surface area contributed by atoms with E-state index in [4.69, 9.17) is 4.42 Å². The molecular formula is C18H17N5O4. The Morgan fingerprint density at radius 3 is 2.89 bits per heavy atom. The summed E-state index contributed by atoms with van der Waals surface area (Å²) in [4.78, 5) is 22.3. The number of hydrogen-bond donors (Lipinski definition) is 1. The van der Waals surface area contributed by atoms with Crippen molar-refractivity contribution >= 4 is 17.5 Å². The molecule has 3 heterocycles. The quantitative estimate of drug-likeness (QED) is 0.558. The van der Waals surface area contributed by atoms with Gasteiger partial charge in [0.05, 0.1) is 6.07 Å². The van der Waals surface area contributed by atoms with E-state index in [1.54, 1.807) is 12.1 Å².